The van der Waals surface area contributed by atoms with Crippen molar-refractivity contribution < 1.29 is 19.4 Å². The second-order valence-corrected chi connectivity index (χ2v) is 5.25. The lowest BCUT2D eigenvalue weighted by atomic mass is 10.1. The van der Waals surface area contributed by atoms with Crippen molar-refractivity contribution in [3.8, 4) is 0 Å². The van der Waals surface area contributed by atoms with Crippen LogP contribution < -0.4 is 5.32 Å². The van der Waals surface area contributed by atoms with Gasteiger partial charge in [-0.25, -0.2) is 4.79 Å². The summed E-state index contributed by atoms with van der Waals surface area (Å²) in [6.07, 6.45) is 0. The van der Waals surface area contributed by atoms with E-state index in [0.29, 0.717) is 17.7 Å². The first kappa shape index (κ1) is 16.8. The predicted octanol–water partition coefficient (Wildman–Crippen LogP) is 2.04. The molecule has 0 saturated heterocycles. The van der Waals surface area contributed by atoms with Crippen LogP contribution in [0.5, 0.6) is 0 Å². The maximum Gasteiger partial charge on any atom is 0.339 e. The van der Waals surface area contributed by atoms with E-state index in [9.17, 15) is 14.7 Å². The van der Waals surface area contributed by atoms with Crippen molar-refractivity contribution >= 4 is 11.9 Å². The monoisotopic (exact) mass is 316 g/mol. The molecule has 1 heterocycles. The average molecular weight is 316 g/mol. The Kier molecular flexibility index (Phi) is 5.18. The Morgan fingerprint density at radius 1 is 1.30 bits per heavy atom. The summed E-state index contributed by atoms with van der Waals surface area (Å²) >= 11 is 0. The fraction of sp³-hybridized carbons (Fsp3) is 0.294. The lowest BCUT2D eigenvalue weighted by Crippen LogP contribution is -2.28. The number of aromatic nitrogens is 1. The number of carbonyl (C=O) groups is 2. The minimum atomic E-state index is -0.949. The van der Waals surface area contributed by atoms with Crippen LogP contribution in [0.4, 0.5) is 0 Å². The van der Waals surface area contributed by atoms with Gasteiger partial charge in [0.2, 0.25) is 0 Å². The average Bonchev–Trinajstić information content (AvgIpc) is 2.83. The molecule has 23 heavy (non-hydrogen) atoms. The molecule has 0 aliphatic rings. The van der Waals surface area contributed by atoms with Crippen LogP contribution in [-0.2, 0) is 23.1 Å². The number of benzene rings is 1. The number of aliphatic carboxylic acids is 1. The van der Waals surface area contributed by atoms with Crippen molar-refractivity contribution in [1.82, 2.24) is 9.88 Å². The van der Waals surface area contributed by atoms with E-state index < -0.39 is 18.0 Å². The highest BCUT2D eigenvalue weighted by molar-refractivity contribution is 5.91. The fourth-order valence-corrected chi connectivity index (χ4v) is 2.45. The molecular weight excluding hydrogens is 296 g/mol. The molecule has 0 unspecified atom stereocenters. The summed E-state index contributed by atoms with van der Waals surface area (Å²) in [4.78, 5) is 23.2. The fourth-order valence-electron chi connectivity index (χ4n) is 2.45. The number of carboxylic acid groups (broad SMARTS) is 1. The van der Waals surface area contributed by atoms with Crippen molar-refractivity contribution in [3.63, 3.8) is 0 Å². The van der Waals surface area contributed by atoms with Crippen LogP contribution in [-0.4, -0.2) is 28.7 Å². The number of carbonyl (C=O) groups excluding carboxylic acids is 1. The van der Waals surface area contributed by atoms with Gasteiger partial charge in [0.1, 0.15) is 6.04 Å². The Balaban J connectivity index is 2.19. The molecule has 0 aliphatic carbocycles. The zero-order valence-electron chi connectivity index (χ0n) is 13.4. The molecule has 2 aromatic rings. The van der Waals surface area contributed by atoms with Gasteiger partial charge in [0.25, 0.3) is 0 Å². The van der Waals surface area contributed by atoms with E-state index in [1.165, 1.54) is 7.11 Å². The van der Waals surface area contributed by atoms with Crippen LogP contribution in [0.2, 0.25) is 0 Å². The molecule has 1 aromatic carbocycles. The van der Waals surface area contributed by atoms with Gasteiger partial charge in [0.05, 0.1) is 12.7 Å². The second kappa shape index (κ2) is 7.11. The number of carboxylic acids is 1. The molecule has 2 N–H and O–H groups in total. The number of methoxy groups -OCH3 is 1. The molecule has 1 aromatic heterocycles. The summed E-state index contributed by atoms with van der Waals surface area (Å²) in [6.45, 7) is 2.14. The number of rotatable bonds is 6. The third-order valence-electron chi connectivity index (χ3n) is 3.91. The topological polar surface area (TPSA) is 80.6 Å². The van der Waals surface area contributed by atoms with Crippen LogP contribution >= 0.6 is 0 Å². The quantitative estimate of drug-likeness (QED) is 0.797. The molecule has 6 heteroatoms. The SMILES string of the molecule is COC(=O)c1cc(CN[C@H](C(=O)O)c2ccccc2)n(C)c1C. The third kappa shape index (κ3) is 3.60. The first-order valence-corrected chi connectivity index (χ1v) is 7.20. The van der Waals surface area contributed by atoms with E-state index in [0.717, 1.165) is 11.4 Å². The Morgan fingerprint density at radius 2 is 1.96 bits per heavy atom. The van der Waals surface area contributed by atoms with Gasteiger partial charge >= 0.3 is 11.9 Å². The van der Waals surface area contributed by atoms with Gasteiger partial charge in [-0.05, 0) is 18.6 Å². The highest BCUT2D eigenvalue weighted by atomic mass is 16.5. The highest BCUT2D eigenvalue weighted by Gasteiger charge is 2.21. The number of nitrogens with zero attached hydrogens (tertiary/aromatic N) is 1. The van der Waals surface area contributed by atoms with E-state index in [2.05, 4.69) is 5.32 Å². The standard InChI is InChI=1S/C17H20N2O4/c1-11-14(17(22)23-3)9-13(19(11)2)10-18-15(16(20)21)12-7-5-4-6-8-12/h4-9,15,18H,10H2,1-3H3,(H,20,21)/t15-/m0/s1. The molecule has 1 atom stereocenters. The van der Waals surface area contributed by atoms with Gasteiger partial charge in [-0.15, -0.1) is 0 Å². The van der Waals surface area contributed by atoms with E-state index in [1.807, 2.05) is 24.6 Å². The van der Waals surface area contributed by atoms with Crippen molar-refractivity contribution in [1.29, 1.82) is 0 Å². The van der Waals surface area contributed by atoms with Gasteiger partial charge in [-0.1, -0.05) is 30.3 Å². The molecule has 0 bridgehead atoms. The molecule has 6 nitrogen and oxygen atoms in total. The summed E-state index contributed by atoms with van der Waals surface area (Å²) in [5.74, 6) is -1.35. The van der Waals surface area contributed by atoms with Gasteiger partial charge in [-0.2, -0.15) is 0 Å². The van der Waals surface area contributed by atoms with Gasteiger partial charge in [0.15, 0.2) is 0 Å². The van der Waals surface area contributed by atoms with E-state index in [1.54, 1.807) is 30.3 Å². The Morgan fingerprint density at radius 3 is 2.52 bits per heavy atom. The molecule has 2 rings (SSSR count). The molecule has 0 amide bonds. The second-order valence-electron chi connectivity index (χ2n) is 5.25. The molecule has 0 saturated carbocycles. The maximum atomic E-state index is 11.7. The Hall–Kier alpha value is -2.60. The van der Waals surface area contributed by atoms with Crippen LogP contribution in [0.25, 0.3) is 0 Å². The molecule has 0 radical (unpaired) electrons. The van der Waals surface area contributed by atoms with E-state index in [-0.39, 0.29) is 0 Å². The third-order valence-corrected chi connectivity index (χ3v) is 3.91. The summed E-state index contributed by atoms with van der Waals surface area (Å²) in [7, 11) is 3.17. The van der Waals surface area contributed by atoms with Crippen molar-refractivity contribution in [2.24, 2.45) is 7.05 Å². The molecular formula is C17H20N2O4. The number of hydrogen-bond acceptors (Lipinski definition) is 4. The Bertz CT molecular complexity index is 707. The molecule has 0 spiro atoms. The van der Waals surface area contributed by atoms with Crippen LogP contribution in [0.1, 0.15) is 33.4 Å². The van der Waals surface area contributed by atoms with Gasteiger partial charge < -0.3 is 14.4 Å². The van der Waals surface area contributed by atoms with E-state index in [4.69, 9.17) is 4.74 Å². The van der Waals surface area contributed by atoms with Crippen molar-refractivity contribution in [2.75, 3.05) is 7.11 Å². The number of nitrogens with one attached hydrogen (secondary N) is 1. The zero-order chi connectivity index (χ0) is 17.0. The molecule has 122 valence electrons. The smallest absolute Gasteiger partial charge is 0.339 e. The van der Waals surface area contributed by atoms with Crippen LogP contribution in [0, 0.1) is 6.92 Å². The van der Waals surface area contributed by atoms with Gasteiger partial charge in [-0.3, -0.25) is 10.1 Å². The minimum Gasteiger partial charge on any atom is -0.480 e. The first-order chi connectivity index (χ1) is 11.0. The normalized spacial score (nSPS) is 12.0. The van der Waals surface area contributed by atoms with Crippen molar-refractivity contribution in [3.05, 3.63) is 58.9 Å². The highest BCUT2D eigenvalue weighted by Crippen LogP contribution is 2.18. The summed E-state index contributed by atoms with van der Waals surface area (Å²) < 4.78 is 6.60. The Labute approximate surface area is 134 Å². The molecule has 0 fully saturated rings. The first-order valence-electron chi connectivity index (χ1n) is 7.20. The maximum absolute atomic E-state index is 11.7. The minimum absolute atomic E-state index is 0.320. The van der Waals surface area contributed by atoms with Crippen LogP contribution in [0.15, 0.2) is 36.4 Å². The van der Waals surface area contributed by atoms with E-state index >= 15 is 0 Å². The predicted molar refractivity (Wildman–Crippen MR) is 85.1 cm³/mol. The summed E-state index contributed by atoms with van der Waals surface area (Å²) in [5, 5.41) is 12.4. The largest absolute Gasteiger partial charge is 0.480 e. The summed E-state index contributed by atoms with van der Waals surface area (Å²) in [6, 6.07) is 9.88. The number of esters is 1. The zero-order valence-corrected chi connectivity index (χ0v) is 13.4. The lowest BCUT2D eigenvalue weighted by Gasteiger charge is -2.15. The van der Waals surface area contributed by atoms with Crippen LogP contribution in [0.3, 0.4) is 0 Å². The molecule has 0 aliphatic heterocycles. The summed E-state index contributed by atoms with van der Waals surface area (Å²) in [5.41, 5.74) is 2.75. The van der Waals surface area contributed by atoms with Gasteiger partial charge in [0, 0.05) is 25.0 Å². The number of ether oxygens (including phenoxy) is 1. The lowest BCUT2D eigenvalue weighted by molar-refractivity contribution is -0.139. The van der Waals surface area contributed by atoms with Crippen molar-refractivity contribution in [2.45, 2.75) is 19.5 Å². The number of hydrogen-bond donors (Lipinski definition) is 2.